The van der Waals surface area contributed by atoms with Crippen LogP contribution < -0.4 is 16.0 Å². The summed E-state index contributed by atoms with van der Waals surface area (Å²) in [7, 11) is 0. The molecule has 5 aromatic rings. The maximum absolute atomic E-state index is 13.9. The van der Waals surface area contributed by atoms with E-state index in [2.05, 4.69) is 30.9 Å². The van der Waals surface area contributed by atoms with Crippen molar-refractivity contribution in [3.8, 4) is 16.9 Å². The summed E-state index contributed by atoms with van der Waals surface area (Å²) in [5, 5.41) is 17.7. The lowest BCUT2D eigenvalue weighted by molar-refractivity contribution is -0.137. The van der Waals surface area contributed by atoms with Gasteiger partial charge in [-0.05, 0) is 72.6 Å². The topological polar surface area (TPSA) is 134 Å². The third kappa shape index (κ3) is 7.63. The van der Waals surface area contributed by atoms with Gasteiger partial charge in [0.25, 0.3) is 0 Å². The van der Waals surface area contributed by atoms with E-state index in [1.54, 1.807) is 19.2 Å². The molecule has 230 valence electrons. The lowest BCUT2D eigenvalue weighted by Crippen LogP contribution is -2.20. The van der Waals surface area contributed by atoms with E-state index in [0.29, 0.717) is 22.1 Å². The van der Waals surface area contributed by atoms with E-state index >= 15 is 0 Å². The van der Waals surface area contributed by atoms with Crippen molar-refractivity contribution in [3.63, 3.8) is 0 Å². The first-order chi connectivity index (χ1) is 21.5. The van der Waals surface area contributed by atoms with Gasteiger partial charge in [-0.1, -0.05) is 29.8 Å². The Labute approximate surface area is 259 Å². The number of aromatic nitrogens is 4. The van der Waals surface area contributed by atoms with E-state index in [9.17, 15) is 27.9 Å². The highest BCUT2D eigenvalue weighted by molar-refractivity contribution is 6.30. The number of rotatable bonds is 9. The van der Waals surface area contributed by atoms with Crippen LogP contribution in [0.1, 0.15) is 28.7 Å². The van der Waals surface area contributed by atoms with Crippen molar-refractivity contribution in [2.75, 3.05) is 22.5 Å². The number of anilines is 3. The molecule has 14 heteroatoms. The third-order valence-electron chi connectivity index (χ3n) is 6.43. The molecule has 2 aromatic heterocycles. The highest BCUT2D eigenvalue weighted by atomic mass is 35.5. The number of ketones is 1. The molecule has 0 aliphatic heterocycles. The minimum absolute atomic E-state index is 0.0563. The summed E-state index contributed by atoms with van der Waals surface area (Å²) in [6.07, 6.45) is -0.762. The average molecular weight is 636 g/mol. The monoisotopic (exact) mass is 635 g/mol. The van der Waals surface area contributed by atoms with Crippen LogP contribution in [-0.4, -0.2) is 49.1 Å². The number of nitrogens with one attached hydrogen (secondary N) is 3. The molecular formula is C31H25ClF3N7O3. The normalized spacial score (nSPS) is 12.0. The predicted octanol–water partition coefficient (Wildman–Crippen LogP) is 6.67. The van der Waals surface area contributed by atoms with Gasteiger partial charge in [-0.25, -0.2) is 14.8 Å². The Morgan fingerprint density at radius 1 is 0.933 bits per heavy atom. The highest BCUT2D eigenvalue weighted by Gasteiger charge is 2.34. The fraction of sp³-hybridized carbons (Fsp3) is 0.129. The van der Waals surface area contributed by atoms with Crippen LogP contribution in [0.15, 0.2) is 91.4 Å². The molecule has 3 aromatic carbocycles. The van der Waals surface area contributed by atoms with Crippen molar-refractivity contribution in [2.45, 2.75) is 19.2 Å². The number of aliphatic hydroxyl groups is 1. The van der Waals surface area contributed by atoms with Crippen molar-refractivity contribution in [2.24, 2.45) is 0 Å². The summed E-state index contributed by atoms with van der Waals surface area (Å²) in [6.45, 7) is 1.86. The Kier molecular flexibility index (Phi) is 9.11. The molecular weight excluding hydrogens is 611 g/mol. The van der Waals surface area contributed by atoms with Gasteiger partial charge in [0.05, 0.1) is 11.7 Å². The first-order valence-corrected chi connectivity index (χ1v) is 13.8. The lowest BCUT2D eigenvalue weighted by atomic mass is 9.98. The van der Waals surface area contributed by atoms with E-state index in [1.165, 1.54) is 77.6 Å². The maximum Gasteiger partial charge on any atom is 0.417 e. The zero-order valence-electron chi connectivity index (χ0n) is 23.5. The van der Waals surface area contributed by atoms with E-state index in [1.807, 2.05) is 0 Å². The predicted molar refractivity (Wildman–Crippen MR) is 164 cm³/mol. The molecule has 1 atom stereocenters. The summed E-state index contributed by atoms with van der Waals surface area (Å²) in [5.74, 6) is 0.301. The van der Waals surface area contributed by atoms with E-state index < -0.39 is 29.7 Å². The molecule has 2 amide bonds. The number of hydrogen-bond acceptors (Lipinski definition) is 7. The number of carbonyl (C=O) groups excluding carboxylic acids is 2. The molecule has 10 nitrogen and oxygen atoms in total. The minimum Gasteiger partial charge on any atom is -0.392 e. The van der Waals surface area contributed by atoms with Crippen LogP contribution in [0, 0.1) is 0 Å². The molecule has 0 spiro atoms. The summed E-state index contributed by atoms with van der Waals surface area (Å²) in [5.41, 5.74) is -0.151. The zero-order chi connectivity index (χ0) is 32.1. The van der Waals surface area contributed by atoms with Gasteiger partial charge in [-0.3, -0.25) is 9.36 Å². The molecule has 0 saturated heterocycles. The van der Waals surface area contributed by atoms with Crippen LogP contribution in [0.25, 0.3) is 16.9 Å². The largest absolute Gasteiger partial charge is 0.417 e. The van der Waals surface area contributed by atoms with Gasteiger partial charge >= 0.3 is 12.2 Å². The Balaban J connectivity index is 1.27. The molecule has 0 aliphatic carbocycles. The number of imidazole rings is 1. The third-order valence-corrected chi connectivity index (χ3v) is 6.68. The molecule has 0 radical (unpaired) electrons. The Morgan fingerprint density at radius 3 is 2.31 bits per heavy atom. The number of hydrogen-bond donors (Lipinski definition) is 4. The quantitative estimate of drug-likeness (QED) is 0.133. The summed E-state index contributed by atoms with van der Waals surface area (Å²) < 4.78 is 43.1. The van der Waals surface area contributed by atoms with E-state index in [-0.39, 0.29) is 35.1 Å². The van der Waals surface area contributed by atoms with Crippen LogP contribution in [0.3, 0.4) is 0 Å². The fourth-order valence-corrected chi connectivity index (χ4v) is 4.45. The molecule has 5 rings (SSSR count). The Hall–Kier alpha value is -5.27. The van der Waals surface area contributed by atoms with Crippen LogP contribution in [0.4, 0.5) is 35.3 Å². The molecule has 4 N–H and O–H groups in total. The van der Waals surface area contributed by atoms with Gasteiger partial charge in [-0.15, -0.1) is 0 Å². The van der Waals surface area contributed by atoms with Gasteiger partial charge in [0.2, 0.25) is 11.7 Å². The second-order valence-corrected chi connectivity index (χ2v) is 10.3. The Bertz CT molecular complexity index is 1830. The first-order valence-electron chi connectivity index (χ1n) is 13.5. The van der Waals surface area contributed by atoms with Crippen LogP contribution in [-0.2, 0) is 6.18 Å². The standard InChI is InChI=1S/C31H25ClF3N7O3/c1-18(43)17-38-29-37-13-12-26(41-29)42-15-14-36-28(42)27(44)20-4-8-22(9-5-20)39-30(45)40-23-10-11-24(25(16-23)31(33,34)35)19-2-6-21(32)7-3-19/h2-16,18,43H,17H2,1H3,(H,37,38,41)(H2,39,40,45). The maximum atomic E-state index is 13.9. The van der Waals surface area contributed by atoms with E-state index in [4.69, 9.17) is 11.6 Å². The molecule has 0 bridgehead atoms. The van der Waals surface area contributed by atoms with Crippen LogP contribution in [0.2, 0.25) is 5.02 Å². The van der Waals surface area contributed by atoms with Gasteiger partial charge in [0, 0.05) is 47.1 Å². The molecule has 1 unspecified atom stereocenters. The second kappa shape index (κ2) is 13.2. The van der Waals surface area contributed by atoms with E-state index in [0.717, 1.165) is 6.07 Å². The van der Waals surface area contributed by atoms with Crippen LogP contribution >= 0.6 is 11.6 Å². The number of halogens is 4. The van der Waals surface area contributed by atoms with Gasteiger partial charge in [-0.2, -0.15) is 18.2 Å². The number of carbonyl (C=O) groups is 2. The van der Waals surface area contributed by atoms with Crippen molar-refractivity contribution < 1.29 is 27.9 Å². The molecule has 0 aliphatic rings. The van der Waals surface area contributed by atoms with Crippen molar-refractivity contribution in [3.05, 3.63) is 113 Å². The number of benzene rings is 3. The van der Waals surface area contributed by atoms with Crippen molar-refractivity contribution in [1.82, 2.24) is 19.5 Å². The van der Waals surface area contributed by atoms with Gasteiger partial charge < -0.3 is 21.1 Å². The second-order valence-electron chi connectivity index (χ2n) is 9.84. The summed E-state index contributed by atoms with van der Waals surface area (Å²) in [4.78, 5) is 38.5. The molecule has 45 heavy (non-hydrogen) atoms. The van der Waals surface area contributed by atoms with Crippen LogP contribution in [0.5, 0.6) is 0 Å². The SMILES string of the molecule is CC(O)CNc1nccc(-n2ccnc2C(=O)c2ccc(NC(=O)Nc3ccc(-c4ccc(Cl)cc4)c(C(F)(F)F)c3)cc2)n1. The molecule has 0 fully saturated rings. The van der Waals surface area contributed by atoms with Crippen molar-refractivity contribution in [1.29, 1.82) is 0 Å². The molecule has 0 saturated carbocycles. The van der Waals surface area contributed by atoms with Gasteiger partial charge in [0.1, 0.15) is 5.82 Å². The number of urea groups is 1. The highest BCUT2D eigenvalue weighted by Crippen LogP contribution is 2.39. The average Bonchev–Trinajstić information content (AvgIpc) is 3.50. The fourth-order valence-electron chi connectivity index (χ4n) is 4.33. The number of nitrogens with zero attached hydrogens (tertiary/aromatic N) is 4. The first kappa shape index (κ1) is 31.2. The Morgan fingerprint density at radius 2 is 1.62 bits per heavy atom. The summed E-state index contributed by atoms with van der Waals surface area (Å²) in [6, 6.07) is 16.2. The number of alkyl halides is 3. The van der Waals surface area contributed by atoms with Crippen molar-refractivity contribution >= 4 is 40.7 Å². The minimum atomic E-state index is -4.68. The molecule has 2 heterocycles. The smallest absolute Gasteiger partial charge is 0.392 e. The number of aliphatic hydroxyl groups excluding tert-OH is 1. The van der Waals surface area contributed by atoms with Gasteiger partial charge in [0.15, 0.2) is 5.82 Å². The lowest BCUT2D eigenvalue weighted by Gasteiger charge is -2.16. The summed E-state index contributed by atoms with van der Waals surface area (Å²) >= 11 is 5.87. The zero-order valence-corrected chi connectivity index (χ0v) is 24.3. The number of amides is 2.